The van der Waals surface area contributed by atoms with Crippen molar-refractivity contribution in [1.82, 2.24) is 5.32 Å². The molecule has 1 atom stereocenters. The van der Waals surface area contributed by atoms with Gasteiger partial charge >= 0.3 is 6.09 Å². The summed E-state index contributed by atoms with van der Waals surface area (Å²) in [6.45, 7) is 7.12. The van der Waals surface area contributed by atoms with Crippen LogP contribution in [0.25, 0.3) is 11.1 Å². The van der Waals surface area contributed by atoms with Gasteiger partial charge in [0, 0.05) is 11.1 Å². The summed E-state index contributed by atoms with van der Waals surface area (Å²) in [5.41, 5.74) is -0.681. The quantitative estimate of drug-likeness (QED) is 0.788. The van der Waals surface area contributed by atoms with Gasteiger partial charge in [0.05, 0.1) is 12.6 Å². The lowest BCUT2D eigenvalue weighted by Crippen LogP contribution is -2.52. The van der Waals surface area contributed by atoms with E-state index in [4.69, 9.17) is 4.74 Å². The highest BCUT2D eigenvalue weighted by atomic mass is 19.1. The molecular weight excluding hydrogens is 340 g/mol. The number of amides is 1. The second-order valence-corrected chi connectivity index (χ2v) is 7.32. The largest absolute Gasteiger partial charge is 0.493 e. The smallest absolute Gasteiger partial charge is 0.405 e. The molecule has 0 saturated heterocycles. The van der Waals surface area contributed by atoms with Crippen LogP contribution in [0.15, 0.2) is 36.4 Å². The second kappa shape index (κ2) is 6.94. The number of para-hydroxylation sites is 1. The van der Waals surface area contributed by atoms with Gasteiger partial charge in [-0.2, -0.15) is 0 Å². The fraction of sp³-hybridized carbons (Fsp3) is 0.350. The summed E-state index contributed by atoms with van der Waals surface area (Å²) in [6.07, 6.45) is -1.24. The molecule has 0 aliphatic heterocycles. The van der Waals surface area contributed by atoms with E-state index in [0.29, 0.717) is 11.1 Å². The number of carbonyl (C=O) groups is 1. The van der Waals surface area contributed by atoms with E-state index < -0.39 is 28.7 Å². The molecule has 0 radical (unpaired) electrons. The van der Waals surface area contributed by atoms with Crippen LogP contribution in [0, 0.1) is 17.0 Å². The number of methoxy groups -OCH3 is 1. The number of halogens is 2. The monoisotopic (exact) mass is 363 g/mol. The third kappa shape index (κ3) is 3.49. The standard InChI is InChI=1S/C20H23F2NO3/c1-19(2,3)20(4,23-18(24)25)14-10-9-12(11-16(14)22)13-7-6-8-15(21)17(13)26-5/h6-11,23H,1-5H3,(H,24,25). The number of hydrogen-bond acceptors (Lipinski definition) is 2. The Bertz CT molecular complexity index is 830. The van der Waals surface area contributed by atoms with Crippen LogP contribution in [0.4, 0.5) is 13.6 Å². The normalized spacial score (nSPS) is 13.8. The van der Waals surface area contributed by atoms with Crippen LogP contribution in [0.1, 0.15) is 33.3 Å². The summed E-state index contributed by atoms with van der Waals surface area (Å²) >= 11 is 0. The Morgan fingerprint density at radius 2 is 1.73 bits per heavy atom. The van der Waals surface area contributed by atoms with Gasteiger partial charge in [0.15, 0.2) is 11.6 Å². The molecule has 0 aliphatic carbocycles. The molecule has 0 spiro atoms. The van der Waals surface area contributed by atoms with E-state index in [-0.39, 0.29) is 11.3 Å². The van der Waals surface area contributed by atoms with E-state index in [9.17, 15) is 18.7 Å². The summed E-state index contributed by atoms with van der Waals surface area (Å²) in [4.78, 5) is 11.3. The average Bonchev–Trinajstić information content (AvgIpc) is 2.52. The first-order valence-corrected chi connectivity index (χ1v) is 8.15. The lowest BCUT2D eigenvalue weighted by molar-refractivity contribution is 0.128. The molecule has 0 aromatic heterocycles. The van der Waals surface area contributed by atoms with Gasteiger partial charge in [0.25, 0.3) is 0 Å². The third-order valence-corrected chi connectivity index (χ3v) is 4.85. The van der Waals surface area contributed by atoms with Crippen LogP contribution < -0.4 is 10.1 Å². The predicted octanol–water partition coefficient (Wildman–Crippen LogP) is 5.17. The summed E-state index contributed by atoms with van der Waals surface area (Å²) in [5.74, 6) is -1.09. The van der Waals surface area contributed by atoms with Gasteiger partial charge in [-0.25, -0.2) is 13.6 Å². The van der Waals surface area contributed by atoms with E-state index in [2.05, 4.69) is 5.32 Å². The van der Waals surface area contributed by atoms with Crippen molar-refractivity contribution in [3.05, 3.63) is 53.6 Å². The van der Waals surface area contributed by atoms with E-state index >= 15 is 0 Å². The van der Waals surface area contributed by atoms with Gasteiger partial charge < -0.3 is 15.2 Å². The van der Waals surface area contributed by atoms with Gasteiger partial charge in [-0.05, 0) is 30.0 Å². The van der Waals surface area contributed by atoms with Crippen LogP contribution in [0.2, 0.25) is 0 Å². The highest BCUT2D eigenvalue weighted by Gasteiger charge is 2.42. The number of benzene rings is 2. The number of nitrogens with one attached hydrogen (secondary N) is 1. The zero-order chi connectivity index (χ0) is 19.7. The number of ether oxygens (including phenoxy) is 1. The molecular formula is C20H23F2NO3. The summed E-state index contributed by atoms with van der Waals surface area (Å²) in [7, 11) is 1.35. The maximum atomic E-state index is 15.0. The Morgan fingerprint density at radius 1 is 1.08 bits per heavy atom. The van der Waals surface area contributed by atoms with Crippen LogP contribution in [-0.4, -0.2) is 18.3 Å². The molecule has 0 bridgehead atoms. The van der Waals surface area contributed by atoms with Crippen LogP contribution in [0.5, 0.6) is 5.75 Å². The van der Waals surface area contributed by atoms with Crippen molar-refractivity contribution in [2.45, 2.75) is 33.2 Å². The summed E-state index contributed by atoms with van der Waals surface area (Å²) < 4.78 is 34.0. The third-order valence-electron chi connectivity index (χ3n) is 4.85. The molecule has 0 fully saturated rings. The topological polar surface area (TPSA) is 58.6 Å². The Balaban J connectivity index is 2.60. The van der Waals surface area contributed by atoms with Gasteiger partial charge in [-0.15, -0.1) is 0 Å². The molecule has 26 heavy (non-hydrogen) atoms. The van der Waals surface area contributed by atoms with Crippen LogP contribution >= 0.6 is 0 Å². The first-order chi connectivity index (χ1) is 12.0. The van der Waals surface area contributed by atoms with Crippen molar-refractivity contribution in [2.75, 3.05) is 7.11 Å². The maximum Gasteiger partial charge on any atom is 0.405 e. The predicted molar refractivity (Wildman–Crippen MR) is 96.3 cm³/mol. The lowest BCUT2D eigenvalue weighted by atomic mass is 9.70. The second-order valence-electron chi connectivity index (χ2n) is 7.32. The van der Waals surface area contributed by atoms with Gasteiger partial charge in [0.1, 0.15) is 5.82 Å². The van der Waals surface area contributed by atoms with Crippen LogP contribution in [0.3, 0.4) is 0 Å². The molecule has 2 aromatic carbocycles. The molecule has 0 heterocycles. The maximum absolute atomic E-state index is 15.0. The number of carboxylic acid groups (broad SMARTS) is 1. The minimum atomic E-state index is -1.24. The minimum Gasteiger partial charge on any atom is -0.493 e. The van der Waals surface area contributed by atoms with E-state index in [0.717, 1.165) is 0 Å². The van der Waals surface area contributed by atoms with E-state index in [1.807, 2.05) is 20.8 Å². The van der Waals surface area contributed by atoms with Crippen molar-refractivity contribution in [3.63, 3.8) is 0 Å². The Kier molecular flexibility index (Phi) is 5.26. The average molecular weight is 363 g/mol. The van der Waals surface area contributed by atoms with E-state index in [1.165, 1.54) is 31.4 Å². The number of rotatable bonds is 4. The summed E-state index contributed by atoms with van der Waals surface area (Å²) in [6, 6.07) is 8.83. The van der Waals surface area contributed by atoms with Crippen molar-refractivity contribution in [2.24, 2.45) is 5.41 Å². The zero-order valence-corrected chi connectivity index (χ0v) is 15.5. The van der Waals surface area contributed by atoms with Crippen molar-refractivity contribution < 1.29 is 23.4 Å². The first-order valence-electron chi connectivity index (χ1n) is 8.15. The van der Waals surface area contributed by atoms with Crippen molar-refractivity contribution in [3.8, 4) is 16.9 Å². The molecule has 2 N–H and O–H groups in total. The zero-order valence-electron chi connectivity index (χ0n) is 15.5. The molecule has 140 valence electrons. The molecule has 0 aliphatic rings. The highest BCUT2D eigenvalue weighted by molar-refractivity contribution is 5.71. The fourth-order valence-electron chi connectivity index (χ4n) is 2.90. The lowest BCUT2D eigenvalue weighted by Gasteiger charge is -2.42. The minimum absolute atomic E-state index is 0.0295. The number of hydrogen-bond donors (Lipinski definition) is 2. The molecule has 1 unspecified atom stereocenters. The fourth-order valence-corrected chi connectivity index (χ4v) is 2.90. The molecule has 1 amide bonds. The molecule has 4 nitrogen and oxygen atoms in total. The van der Waals surface area contributed by atoms with Gasteiger partial charge in [-0.3, -0.25) is 0 Å². The first kappa shape index (κ1) is 19.7. The van der Waals surface area contributed by atoms with Gasteiger partial charge in [0.2, 0.25) is 0 Å². The summed E-state index contributed by atoms with van der Waals surface area (Å²) in [5, 5.41) is 11.6. The van der Waals surface area contributed by atoms with Crippen molar-refractivity contribution >= 4 is 6.09 Å². The molecule has 2 rings (SSSR count). The Morgan fingerprint density at radius 3 is 2.23 bits per heavy atom. The molecule has 2 aromatic rings. The Hall–Kier alpha value is -2.63. The van der Waals surface area contributed by atoms with Crippen molar-refractivity contribution in [1.29, 1.82) is 0 Å². The highest BCUT2D eigenvalue weighted by Crippen LogP contribution is 2.41. The molecule has 6 heteroatoms. The Labute approximate surface area is 151 Å². The van der Waals surface area contributed by atoms with Gasteiger partial charge in [-0.1, -0.05) is 45.0 Å². The SMILES string of the molecule is COc1c(F)cccc1-c1ccc(C(C)(NC(=O)O)C(C)(C)C)c(F)c1. The van der Waals surface area contributed by atoms with E-state index in [1.54, 1.807) is 19.1 Å². The molecule has 0 saturated carbocycles. The van der Waals surface area contributed by atoms with Crippen LogP contribution in [-0.2, 0) is 5.54 Å².